The van der Waals surface area contributed by atoms with Gasteiger partial charge in [0.05, 0.1) is 22.3 Å². The number of halogens is 3. The highest BCUT2D eigenvalue weighted by Gasteiger charge is 2.24. The van der Waals surface area contributed by atoms with Gasteiger partial charge in [-0.2, -0.15) is 0 Å². The Hall–Kier alpha value is -2.80. The van der Waals surface area contributed by atoms with Crippen molar-refractivity contribution in [3.8, 4) is 5.75 Å². The fraction of sp³-hybridized carbons (Fsp3) is 0.0833. The number of fused-ring (bicyclic) bond motifs is 1. The number of hydrogen-bond acceptors (Lipinski definition) is 4. The molecule has 8 heteroatoms. The Morgan fingerprint density at radius 1 is 1.00 bits per heavy atom. The first kappa shape index (κ1) is 22.4. The van der Waals surface area contributed by atoms with Crippen LogP contribution in [-0.4, -0.2) is 18.3 Å². The van der Waals surface area contributed by atoms with Crippen LogP contribution >= 0.6 is 39.1 Å². The van der Waals surface area contributed by atoms with E-state index < -0.39 is 5.91 Å². The molecule has 0 fully saturated rings. The van der Waals surface area contributed by atoms with Crippen molar-refractivity contribution < 1.29 is 18.7 Å². The second kappa shape index (κ2) is 9.36. The topological polar surface area (TPSA) is 68.5 Å². The molecule has 1 heterocycles. The highest BCUT2D eigenvalue weighted by Crippen LogP contribution is 2.36. The Morgan fingerprint density at radius 2 is 1.66 bits per heavy atom. The van der Waals surface area contributed by atoms with Crippen LogP contribution in [0.1, 0.15) is 33.4 Å². The third kappa shape index (κ3) is 4.39. The highest BCUT2D eigenvalue weighted by atomic mass is 79.9. The number of ether oxygens (including phenoxy) is 1. The number of para-hydroxylation sites is 1. The molecule has 0 aliphatic rings. The van der Waals surface area contributed by atoms with Crippen LogP contribution in [0.4, 0.5) is 5.69 Å². The van der Waals surface area contributed by atoms with Gasteiger partial charge in [0.15, 0.2) is 11.5 Å². The summed E-state index contributed by atoms with van der Waals surface area (Å²) in [5, 5.41) is 3.83. The van der Waals surface area contributed by atoms with Crippen molar-refractivity contribution >= 4 is 67.5 Å². The van der Waals surface area contributed by atoms with Gasteiger partial charge >= 0.3 is 0 Å². The zero-order chi connectivity index (χ0) is 22.8. The molecule has 1 aromatic heterocycles. The fourth-order valence-corrected chi connectivity index (χ4v) is 4.08. The molecule has 162 valence electrons. The first-order chi connectivity index (χ1) is 15.4. The predicted molar refractivity (Wildman–Crippen MR) is 129 cm³/mol. The Labute approximate surface area is 202 Å². The van der Waals surface area contributed by atoms with Crippen molar-refractivity contribution in [1.82, 2.24) is 0 Å². The average Bonchev–Trinajstić information content (AvgIpc) is 3.14. The van der Waals surface area contributed by atoms with Gasteiger partial charge in [0, 0.05) is 21.0 Å². The zero-order valence-corrected chi connectivity index (χ0v) is 19.8. The second-order valence-corrected chi connectivity index (χ2v) is 8.52. The zero-order valence-electron chi connectivity index (χ0n) is 16.7. The Kier molecular flexibility index (Phi) is 6.55. The molecule has 4 aromatic rings. The van der Waals surface area contributed by atoms with E-state index in [4.69, 9.17) is 32.4 Å². The summed E-state index contributed by atoms with van der Waals surface area (Å²) in [7, 11) is 0. The number of ketones is 1. The molecule has 4 rings (SSSR count). The van der Waals surface area contributed by atoms with E-state index in [-0.39, 0.29) is 32.8 Å². The van der Waals surface area contributed by atoms with E-state index in [1.54, 1.807) is 55.5 Å². The number of carbonyl (C=O) groups excluding carboxylic acids is 2. The molecule has 1 N–H and O–H groups in total. The molecule has 0 saturated carbocycles. The van der Waals surface area contributed by atoms with E-state index in [0.717, 1.165) is 4.47 Å². The fourth-order valence-electron chi connectivity index (χ4n) is 3.22. The summed E-state index contributed by atoms with van der Waals surface area (Å²) in [6.07, 6.45) is 0. The van der Waals surface area contributed by atoms with Gasteiger partial charge in [-0.25, -0.2) is 0 Å². The predicted octanol–water partition coefficient (Wildman–Crippen LogP) is 7.38. The van der Waals surface area contributed by atoms with Crippen LogP contribution in [0.15, 0.2) is 69.6 Å². The van der Waals surface area contributed by atoms with Crippen LogP contribution in [0.25, 0.3) is 11.0 Å². The third-order valence-corrected chi connectivity index (χ3v) is 5.79. The van der Waals surface area contributed by atoms with Crippen molar-refractivity contribution in [3.05, 3.63) is 92.1 Å². The van der Waals surface area contributed by atoms with Crippen molar-refractivity contribution in [3.63, 3.8) is 0 Å². The summed E-state index contributed by atoms with van der Waals surface area (Å²) in [6, 6.07) is 16.9. The summed E-state index contributed by atoms with van der Waals surface area (Å²) >= 11 is 15.8. The highest BCUT2D eigenvalue weighted by molar-refractivity contribution is 9.10. The molecule has 0 spiro atoms. The minimum Gasteiger partial charge on any atom is -0.491 e. The second-order valence-electron chi connectivity index (χ2n) is 6.79. The molecule has 1 amide bonds. The molecular formula is C24H16BrCl2NO4. The van der Waals surface area contributed by atoms with Crippen molar-refractivity contribution in [1.29, 1.82) is 0 Å². The summed E-state index contributed by atoms with van der Waals surface area (Å²) in [5.74, 6) is -0.503. The van der Waals surface area contributed by atoms with Crippen molar-refractivity contribution in [2.45, 2.75) is 6.92 Å². The molecular weight excluding hydrogens is 517 g/mol. The molecule has 0 unspecified atom stereocenters. The van der Waals surface area contributed by atoms with Gasteiger partial charge in [-0.3, -0.25) is 9.59 Å². The maximum absolute atomic E-state index is 13.2. The van der Waals surface area contributed by atoms with E-state index in [2.05, 4.69) is 21.2 Å². The molecule has 0 bridgehead atoms. The van der Waals surface area contributed by atoms with Crippen molar-refractivity contribution in [2.75, 3.05) is 11.9 Å². The number of furan rings is 1. The number of nitrogens with one attached hydrogen (secondary N) is 1. The van der Waals surface area contributed by atoms with E-state index >= 15 is 0 Å². The minimum absolute atomic E-state index is 0.0324. The quantitative estimate of drug-likeness (QED) is 0.263. The van der Waals surface area contributed by atoms with Gasteiger partial charge < -0.3 is 14.5 Å². The van der Waals surface area contributed by atoms with Gasteiger partial charge in [0.2, 0.25) is 5.78 Å². The molecule has 32 heavy (non-hydrogen) atoms. The smallest absolute Gasteiger partial charge is 0.255 e. The third-order valence-electron chi connectivity index (χ3n) is 4.70. The average molecular weight is 533 g/mol. The van der Waals surface area contributed by atoms with Crippen LogP contribution in [0.5, 0.6) is 5.75 Å². The van der Waals surface area contributed by atoms with E-state index in [1.807, 2.05) is 0 Å². The summed E-state index contributed by atoms with van der Waals surface area (Å²) in [4.78, 5) is 26.2. The monoisotopic (exact) mass is 531 g/mol. The molecule has 3 aromatic carbocycles. The molecule has 0 aliphatic carbocycles. The lowest BCUT2D eigenvalue weighted by Crippen LogP contribution is -2.14. The molecule has 0 radical (unpaired) electrons. The standard InChI is InChI=1S/C24H16BrCl2NO4/c1-2-31-22-17(26)11-14(12-18(22)27)24(30)28-20-16-5-3-4-6-19(16)32-23(20)21(29)13-7-9-15(25)10-8-13/h3-12H,2H2,1H3,(H,28,30). The maximum Gasteiger partial charge on any atom is 0.255 e. The first-order valence-electron chi connectivity index (χ1n) is 9.64. The normalized spacial score (nSPS) is 10.9. The first-order valence-corrected chi connectivity index (χ1v) is 11.2. The van der Waals surface area contributed by atoms with E-state index in [1.165, 1.54) is 12.1 Å². The lowest BCUT2D eigenvalue weighted by molar-refractivity contribution is 0.101. The molecule has 5 nitrogen and oxygen atoms in total. The number of hydrogen-bond donors (Lipinski definition) is 1. The van der Waals surface area contributed by atoms with Crippen molar-refractivity contribution in [2.24, 2.45) is 0 Å². The summed E-state index contributed by atoms with van der Waals surface area (Å²) in [6.45, 7) is 2.19. The van der Waals surface area contributed by atoms with E-state index in [0.29, 0.717) is 28.9 Å². The maximum atomic E-state index is 13.2. The lowest BCUT2D eigenvalue weighted by atomic mass is 10.1. The number of rotatable bonds is 6. The summed E-state index contributed by atoms with van der Waals surface area (Å²) < 4.78 is 12.1. The van der Waals surface area contributed by atoms with Gasteiger partial charge in [0.25, 0.3) is 5.91 Å². The van der Waals surface area contributed by atoms with Crippen LogP contribution in [0.2, 0.25) is 10.0 Å². The summed E-state index contributed by atoms with van der Waals surface area (Å²) in [5.41, 5.74) is 1.40. The number of benzene rings is 3. The SMILES string of the molecule is CCOc1c(Cl)cc(C(=O)Nc2c(C(=O)c3ccc(Br)cc3)oc3ccccc23)cc1Cl. The number of amides is 1. The lowest BCUT2D eigenvalue weighted by Gasteiger charge is -2.11. The van der Waals surface area contributed by atoms with Gasteiger partial charge in [-0.1, -0.05) is 51.3 Å². The van der Waals surface area contributed by atoms with Crippen LogP contribution in [-0.2, 0) is 0 Å². The Balaban J connectivity index is 1.74. The molecule has 0 saturated heterocycles. The number of carbonyl (C=O) groups is 2. The van der Waals surface area contributed by atoms with Gasteiger partial charge in [-0.15, -0.1) is 0 Å². The van der Waals surface area contributed by atoms with Gasteiger partial charge in [-0.05, 0) is 55.5 Å². The molecule has 0 aliphatic heterocycles. The van der Waals surface area contributed by atoms with Gasteiger partial charge in [0.1, 0.15) is 5.58 Å². The molecule has 0 atom stereocenters. The van der Waals surface area contributed by atoms with E-state index in [9.17, 15) is 9.59 Å². The largest absolute Gasteiger partial charge is 0.491 e. The Bertz CT molecular complexity index is 1310. The van der Waals surface area contributed by atoms with Crippen LogP contribution in [0, 0.1) is 0 Å². The minimum atomic E-state index is -0.492. The number of anilines is 1. The Morgan fingerprint density at radius 3 is 2.31 bits per heavy atom. The van der Waals surface area contributed by atoms with Crippen LogP contribution < -0.4 is 10.1 Å². The van der Waals surface area contributed by atoms with Crippen LogP contribution in [0.3, 0.4) is 0 Å².